The Hall–Kier alpha value is -0.710. The summed E-state index contributed by atoms with van der Waals surface area (Å²) in [5, 5.41) is 4.83. The highest BCUT2D eigenvalue weighted by atomic mass is 79.9. The molecule has 106 valence electrons. The molecule has 1 N–H and O–H groups in total. The summed E-state index contributed by atoms with van der Waals surface area (Å²) >= 11 is 5.52. The quantitative estimate of drug-likeness (QED) is 0.878. The topological polar surface area (TPSA) is 24.9 Å². The van der Waals surface area contributed by atoms with E-state index in [9.17, 15) is 0 Å². The normalized spacial score (nSPS) is 18.0. The number of hydrogen-bond acceptors (Lipinski definition) is 3. The molecule has 0 amide bonds. The molecule has 1 heterocycles. The van der Waals surface area contributed by atoms with Gasteiger partial charge in [0.2, 0.25) is 0 Å². The Kier molecular flexibility index (Phi) is 4.54. The van der Waals surface area contributed by atoms with Crippen LogP contribution in [0.3, 0.4) is 0 Å². The van der Waals surface area contributed by atoms with Gasteiger partial charge in [-0.2, -0.15) is 0 Å². The smallest absolute Gasteiger partial charge is 0.0975 e. The molecule has 0 spiro atoms. The van der Waals surface area contributed by atoms with E-state index in [0.29, 0.717) is 6.04 Å². The Morgan fingerprint density at radius 2 is 2.25 bits per heavy atom. The number of fused-ring (bicyclic) bond motifs is 1. The minimum atomic E-state index is 0.522. The van der Waals surface area contributed by atoms with Gasteiger partial charge in [-0.15, -0.1) is 11.3 Å². The molecule has 1 aromatic carbocycles. The molecule has 2 aromatic rings. The van der Waals surface area contributed by atoms with Gasteiger partial charge in [0.05, 0.1) is 10.7 Å². The number of thiazole rings is 1. The molecule has 1 aliphatic carbocycles. The van der Waals surface area contributed by atoms with Crippen LogP contribution >= 0.6 is 27.3 Å². The molecule has 0 aliphatic heterocycles. The van der Waals surface area contributed by atoms with Crippen LogP contribution in [0.25, 0.3) is 0 Å². The maximum absolute atomic E-state index is 4.88. The predicted octanol–water partition coefficient (Wildman–Crippen LogP) is 4.48. The molecule has 2 nitrogen and oxygen atoms in total. The summed E-state index contributed by atoms with van der Waals surface area (Å²) in [5.41, 5.74) is 2.65. The van der Waals surface area contributed by atoms with Crippen LogP contribution in [0.5, 0.6) is 0 Å². The van der Waals surface area contributed by atoms with E-state index >= 15 is 0 Å². The molecule has 0 fully saturated rings. The Labute approximate surface area is 132 Å². The van der Waals surface area contributed by atoms with Crippen molar-refractivity contribution in [1.82, 2.24) is 10.3 Å². The van der Waals surface area contributed by atoms with Crippen molar-refractivity contribution in [3.8, 4) is 0 Å². The van der Waals surface area contributed by atoms with Gasteiger partial charge in [0.15, 0.2) is 0 Å². The summed E-state index contributed by atoms with van der Waals surface area (Å²) in [6.45, 7) is 3.21. The monoisotopic (exact) mass is 350 g/mol. The summed E-state index contributed by atoms with van der Waals surface area (Å²) in [4.78, 5) is 6.35. The Morgan fingerprint density at radius 3 is 3.05 bits per heavy atom. The van der Waals surface area contributed by atoms with Gasteiger partial charge in [0.25, 0.3) is 0 Å². The number of rotatable bonds is 4. The first-order valence-corrected chi connectivity index (χ1v) is 8.84. The van der Waals surface area contributed by atoms with Gasteiger partial charge in [0, 0.05) is 21.8 Å². The number of nitrogens with zero attached hydrogens (tertiary/aromatic N) is 1. The van der Waals surface area contributed by atoms with Crippen LogP contribution in [0.2, 0.25) is 0 Å². The average molecular weight is 351 g/mol. The molecular weight excluding hydrogens is 332 g/mol. The molecule has 3 rings (SSSR count). The summed E-state index contributed by atoms with van der Waals surface area (Å²) < 4.78 is 1.18. The van der Waals surface area contributed by atoms with Crippen molar-refractivity contribution >= 4 is 27.3 Å². The zero-order chi connectivity index (χ0) is 13.9. The maximum atomic E-state index is 4.88. The second kappa shape index (κ2) is 6.37. The molecule has 1 aliphatic rings. The minimum absolute atomic E-state index is 0.522. The first-order valence-electron chi connectivity index (χ1n) is 7.23. The highest BCUT2D eigenvalue weighted by Gasteiger charge is 2.23. The van der Waals surface area contributed by atoms with Crippen LogP contribution in [0.4, 0.5) is 0 Å². The fraction of sp³-hybridized carbons (Fsp3) is 0.438. The molecule has 1 unspecified atom stereocenters. The number of benzene rings is 1. The number of halogens is 1. The fourth-order valence-corrected chi connectivity index (χ4v) is 4.46. The van der Waals surface area contributed by atoms with Crippen molar-refractivity contribution in [2.45, 2.75) is 38.6 Å². The standard InChI is InChI=1S/C16H19BrN2S/c1-2-18-13-8-5-9-14-16(13)20-15(19-14)10-11-6-3-4-7-12(11)17/h3-4,6-7,13,18H,2,5,8-10H2,1H3. The lowest BCUT2D eigenvalue weighted by Crippen LogP contribution is -2.23. The zero-order valence-electron chi connectivity index (χ0n) is 11.7. The van der Waals surface area contributed by atoms with Gasteiger partial charge in [-0.05, 0) is 37.4 Å². The first-order chi connectivity index (χ1) is 9.78. The van der Waals surface area contributed by atoms with E-state index in [1.54, 1.807) is 0 Å². The van der Waals surface area contributed by atoms with Crippen molar-refractivity contribution in [2.24, 2.45) is 0 Å². The molecular formula is C16H19BrN2S. The fourth-order valence-electron chi connectivity index (χ4n) is 2.79. The third-order valence-electron chi connectivity index (χ3n) is 3.74. The minimum Gasteiger partial charge on any atom is -0.309 e. The van der Waals surface area contributed by atoms with Crippen LogP contribution in [-0.2, 0) is 12.8 Å². The Morgan fingerprint density at radius 1 is 1.40 bits per heavy atom. The molecule has 0 bridgehead atoms. The van der Waals surface area contributed by atoms with Crippen LogP contribution in [0.15, 0.2) is 28.7 Å². The number of hydrogen-bond donors (Lipinski definition) is 1. The Bertz CT molecular complexity index is 594. The number of aryl methyl sites for hydroxylation is 1. The average Bonchev–Trinajstić information content (AvgIpc) is 2.85. The first kappa shape index (κ1) is 14.2. The predicted molar refractivity (Wildman–Crippen MR) is 88.4 cm³/mol. The van der Waals surface area contributed by atoms with Gasteiger partial charge in [-0.1, -0.05) is 41.1 Å². The zero-order valence-corrected chi connectivity index (χ0v) is 14.1. The molecule has 1 atom stereocenters. The van der Waals surface area contributed by atoms with Gasteiger partial charge in [0.1, 0.15) is 0 Å². The van der Waals surface area contributed by atoms with Crippen molar-refractivity contribution in [2.75, 3.05) is 6.54 Å². The van der Waals surface area contributed by atoms with E-state index in [-0.39, 0.29) is 0 Å². The lowest BCUT2D eigenvalue weighted by atomic mass is 9.98. The molecule has 0 saturated carbocycles. The second-order valence-corrected chi connectivity index (χ2v) is 7.16. The van der Waals surface area contributed by atoms with E-state index in [1.165, 1.54) is 38.5 Å². The van der Waals surface area contributed by atoms with Gasteiger partial charge in [-0.3, -0.25) is 0 Å². The molecule has 1 aromatic heterocycles. The highest BCUT2D eigenvalue weighted by molar-refractivity contribution is 9.10. The van der Waals surface area contributed by atoms with Crippen LogP contribution in [-0.4, -0.2) is 11.5 Å². The van der Waals surface area contributed by atoms with Gasteiger partial charge >= 0.3 is 0 Å². The van der Waals surface area contributed by atoms with E-state index < -0.39 is 0 Å². The van der Waals surface area contributed by atoms with E-state index in [0.717, 1.165) is 19.4 Å². The van der Waals surface area contributed by atoms with E-state index in [2.05, 4.69) is 52.4 Å². The van der Waals surface area contributed by atoms with Gasteiger partial charge in [-0.25, -0.2) is 4.98 Å². The number of aromatic nitrogens is 1. The lowest BCUT2D eigenvalue weighted by Gasteiger charge is -2.21. The van der Waals surface area contributed by atoms with Crippen LogP contribution in [0, 0.1) is 0 Å². The molecule has 4 heteroatoms. The lowest BCUT2D eigenvalue weighted by molar-refractivity contribution is 0.476. The summed E-state index contributed by atoms with van der Waals surface area (Å²) in [6, 6.07) is 8.95. The third kappa shape index (κ3) is 2.97. The summed E-state index contributed by atoms with van der Waals surface area (Å²) in [7, 11) is 0. The van der Waals surface area contributed by atoms with Gasteiger partial charge < -0.3 is 5.32 Å². The van der Waals surface area contributed by atoms with Crippen LogP contribution < -0.4 is 5.32 Å². The van der Waals surface area contributed by atoms with Crippen molar-refractivity contribution < 1.29 is 0 Å². The molecule has 0 saturated heterocycles. The third-order valence-corrected chi connectivity index (χ3v) is 5.73. The van der Waals surface area contributed by atoms with Crippen molar-refractivity contribution in [3.05, 3.63) is 49.9 Å². The summed E-state index contributed by atoms with van der Waals surface area (Å²) in [6.07, 6.45) is 4.57. The van der Waals surface area contributed by atoms with E-state index in [1.807, 2.05) is 11.3 Å². The Balaban J connectivity index is 1.84. The molecule has 0 radical (unpaired) electrons. The van der Waals surface area contributed by atoms with Crippen molar-refractivity contribution in [3.63, 3.8) is 0 Å². The van der Waals surface area contributed by atoms with E-state index in [4.69, 9.17) is 4.98 Å². The highest BCUT2D eigenvalue weighted by Crippen LogP contribution is 2.35. The number of nitrogens with one attached hydrogen (secondary N) is 1. The molecule has 20 heavy (non-hydrogen) atoms. The maximum Gasteiger partial charge on any atom is 0.0975 e. The second-order valence-electron chi connectivity index (χ2n) is 5.19. The largest absolute Gasteiger partial charge is 0.309 e. The van der Waals surface area contributed by atoms with Crippen LogP contribution in [0.1, 0.15) is 46.9 Å². The SMILES string of the molecule is CCNC1CCCc2nc(Cc3ccccc3Br)sc21. The summed E-state index contributed by atoms with van der Waals surface area (Å²) in [5.74, 6) is 0. The van der Waals surface area contributed by atoms with Crippen molar-refractivity contribution in [1.29, 1.82) is 0 Å².